The molecule has 0 spiro atoms. The van der Waals surface area contributed by atoms with Crippen LogP contribution in [0.15, 0.2) is 12.1 Å². The van der Waals surface area contributed by atoms with Gasteiger partial charge in [-0.2, -0.15) is 0 Å². The Balaban J connectivity index is 2.56. The summed E-state index contributed by atoms with van der Waals surface area (Å²) in [6, 6.07) is 2.94. The Morgan fingerprint density at radius 3 is 2.73 bits per heavy atom. The summed E-state index contributed by atoms with van der Waals surface area (Å²) in [7, 11) is 0. The van der Waals surface area contributed by atoms with Gasteiger partial charge in [0, 0.05) is 5.56 Å². The quantitative estimate of drug-likeness (QED) is 0.749. The van der Waals surface area contributed by atoms with Crippen molar-refractivity contribution in [1.29, 1.82) is 0 Å². The van der Waals surface area contributed by atoms with Gasteiger partial charge < -0.3 is 19.7 Å². The number of ether oxygens (including phenoxy) is 2. The number of aliphatic hydroxyl groups excluding tert-OH is 1. The van der Waals surface area contributed by atoms with E-state index in [9.17, 15) is 4.79 Å². The van der Waals surface area contributed by atoms with Crippen molar-refractivity contribution in [2.45, 2.75) is 6.61 Å². The van der Waals surface area contributed by atoms with E-state index in [1.807, 2.05) is 0 Å². The molecule has 0 aliphatic carbocycles. The van der Waals surface area contributed by atoms with E-state index >= 15 is 0 Å². The number of carboxylic acids is 1. The molecule has 0 amide bonds. The third kappa shape index (κ3) is 1.61. The Morgan fingerprint density at radius 2 is 2.07 bits per heavy atom. The molecule has 1 aromatic rings. The summed E-state index contributed by atoms with van der Waals surface area (Å²) >= 11 is 0. The Labute approximate surface area is 85.9 Å². The second-order valence-corrected chi connectivity index (χ2v) is 3.08. The van der Waals surface area contributed by atoms with Gasteiger partial charge in [-0.3, -0.25) is 0 Å². The summed E-state index contributed by atoms with van der Waals surface area (Å²) in [5.41, 5.74) is 0.307. The standard InChI is InChI=1S/C10H10O5/c11-5-7-6(10(12)13)1-2-8-9(7)15-4-3-14-8/h1-2,11H,3-5H2,(H,12,13). The van der Waals surface area contributed by atoms with Gasteiger partial charge in [0.1, 0.15) is 13.2 Å². The first kappa shape index (κ1) is 9.79. The monoisotopic (exact) mass is 210 g/mol. The maximum Gasteiger partial charge on any atom is 0.336 e. The molecule has 0 saturated heterocycles. The predicted octanol–water partition coefficient (Wildman–Crippen LogP) is 0.648. The lowest BCUT2D eigenvalue weighted by Crippen LogP contribution is -2.18. The summed E-state index contributed by atoms with van der Waals surface area (Å²) in [6.45, 7) is 0.418. The lowest BCUT2D eigenvalue weighted by Gasteiger charge is -2.21. The van der Waals surface area contributed by atoms with Crippen LogP contribution in [0.1, 0.15) is 15.9 Å². The molecule has 5 nitrogen and oxygen atoms in total. The zero-order valence-electron chi connectivity index (χ0n) is 7.90. The van der Waals surface area contributed by atoms with Gasteiger partial charge in [-0.25, -0.2) is 4.79 Å². The van der Waals surface area contributed by atoms with Crippen molar-refractivity contribution < 1.29 is 24.5 Å². The molecule has 80 valence electrons. The van der Waals surface area contributed by atoms with Crippen LogP contribution in [0.5, 0.6) is 11.5 Å². The smallest absolute Gasteiger partial charge is 0.336 e. The molecule has 2 N–H and O–H groups in total. The summed E-state index contributed by atoms with van der Waals surface area (Å²) in [5, 5.41) is 18.0. The van der Waals surface area contributed by atoms with E-state index in [4.69, 9.17) is 19.7 Å². The van der Waals surface area contributed by atoms with Crippen LogP contribution in [0.25, 0.3) is 0 Å². The van der Waals surface area contributed by atoms with Crippen molar-refractivity contribution in [2.24, 2.45) is 0 Å². The Bertz CT molecular complexity index is 399. The molecule has 0 fully saturated rings. The van der Waals surface area contributed by atoms with Crippen LogP contribution in [0.4, 0.5) is 0 Å². The van der Waals surface area contributed by atoms with E-state index in [0.29, 0.717) is 24.7 Å². The Morgan fingerprint density at radius 1 is 1.33 bits per heavy atom. The van der Waals surface area contributed by atoms with E-state index in [2.05, 4.69) is 0 Å². The number of aromatic carboxylic acids is 1. The summed E-state index contributed by atoms with van der Waals surface area (Å²) in [6.07, 6.45) is 0. The normalized spacial score (nSPS) is 13.7. The van der Waals surface area contributed by atoms with E-state index in [1.165, 1.54) is 12.1 Å². The van der Waals surface area contributed by atoms with Crippen molar-refractivity contribution in [2.75, 3.05) is 13.2 Å². The number of hydrogen-bond acceptors (Lipinski definition) is 4. The average Bonchev–Trinajstić information content (AvgIpc) is 2.27. The zero-order valence-corrected chi connectivity index (χ0v) is 7.90. The molecule has 2 rings (SSSR count). The second-order valence-electron chi connectivity index (χ2n) is 3.08. The Hall–Kier alpha value is -1.75. The number of benzene rings is 1. The van der Waals surface area contributed by atoms with Gasteiger partial charge in [-0.1, -0.05) is 0 Å². The van der Waals surface area contributed by atoms with Crippen LogP contribution >= 0.6 is 0 Å². The van der Waals surface area contributed by atoms with Crippen molar-refractivity contribution in [3.63, 3.8) is 0 Å². The third-order valence-electron chi connectivity index (χ3n) is 2.20. The molecule has 0 saturated carbocycles. The molecule has 0 atom stereocenters. The molecule has 0 radical (unpaired) electrons. The highest BCUT2D eigenvalue weighted by Crippen LogP contribution is 2.35. The molecule has 1 heterocycles. The first-order valence-electron chi connectivity index (χ1n) is 4.49. The fraction of sp³-hybridized carbons (Fsp3) is 0.300. The number of hydrogen-bond donors (Lipinski definition) is 2. The lowest BCUT2D eigenvalue weighted by molar-refractivity contribution is 0.0691. The van der Waals surface area contributed by atoms with Crippen LogP contribution < -0.4 is 9.47 Å². The largest absolute Gasteiger partial charge is 0.486 e. The van der Waals surface area contributed by atoms with Crippen LogP contribution in [0, 0.1) is 0 Å². The molecule has 1 aliphatic rings. The third-order valence-corrected chi connectivity index (χ3v) is 2.20. The first-order valence-corrected chi connectivity index (χ1v) is 4.49. The number of carboxylic acid groups (broad SMARTS) is 1. The van der Waals surface area contributed by atoms with Gasteiger partial charge in [0.2, 0.25) is 0 Å². The molecule has 15 heavy (non-hydrogen) atoms. The van der Waals surface area contributed by atoms with Crippen molar-refractivity contribution >= 4 is 5.97 Å². The molecule has 0 bridgehead atoms. The summed E-state index contributed by atoms with van der Waals surface area (Å²) in [5.74, 6) is -0.269. The zero-order chi connectivity index (χ0) is 10.8. The van der Waals surface area contributed by atoms with Gasteiger partial charge in [-0.15, -0.1) is 0 Å². The van der Waals surface area contributed by atoms with Gasteiger partial charge in [-0.05, 0) is 12.1 Å². The minimum Gasteiger partial charge on any atom is -0.486 e. The maximum absolute atomic E-state index is 10.9. The van der Waals surface area contributed by atoms with Crippen LogP contribution in [-0.2, 0) is 6.61 Å². The predicted molar refractivity (Wildman–Crippen MR) is 50.3 cm³/mol. The maximum atomic E-state index is 10.9. The highest BCUT2D eigenvalue weighted by molar-refractivity contribution is 5.90. The molecular weight excluding hydrogens is 200 g/mol. The Kier molecular flexibility index (Phi) is 2.47. The minimum atomic E-state index is -1.09. The van der Waals surface area contributed by atoms with Crippen LogP contribution in [0.2, 0.25) is 0 Å². The second kappa shape index (κ2) is 3.78. The van der Waals surface area contributed by atoms with Crippen molar-refractivity contribution in [3.8, 4) is 11.5 Å². The minimum absolute atomic E-state index is 0.0433. The van der Waals surface area contributed by atoms with E-state index < -0.39 is 5.97 Å². The van der Waals surface area contributed by atoms with Crippen LogP contribution in [-0.4, -0.2) is 29.4 Å². The molecule has 1 aromatic carbocycles. The van der Waals surface area contributed by atoms with Gasteiger partial charge in [0.25, 0.3) is 0 Å². The van der Waals surface area contributed by atoms with Gasteiger partial charge in [0.15, 0.2) is 11.5 Å². The van der Waals surface area contributed by atoms with Crippen LogP contribution in [0.3, 0.4) is 0 Å². The fourth-order valence-electron chi connectivity index (χ4n) is 1.53. The number of fused-ring (bicyclic) bond motifs is 1. The summed E-state index contributed by atoms with van der Waals surface area (Å²) < 4.78 is 10.6. The average molecular weight is 210 g/mol. The fourth-order valence-corrected chi connectivity index (χ4v) is 1.53. The number of aliphatic hydroxyl groups is 1. The van der Waals surface area contributed by atoms with E-state index in [-0.39, 0.29) is 17.7 Å². The molecule has 5 heteroatoms. The number of rotatable bonds is 2. The molecule has 1 aliphatic heterocycles. The molecule has 0 unspecified atom stereocenters. The van der Waals surface area contributed by atoms with Gasteiger partial charge >= 0.3 is 5.97 Å². The first-order chi connectivity index (χ1) is 7.24. The highest BCUT2D eigenvalue weighted by Gasteiger charge is 2.21. The summed E-state index contributed by atoms with van der Waals surface area (Å²) in [4.78, 5) is 10.9. The number of carbonyl (C=O) groups is 1. The van der Waals surface area contributed by atoms with Crippen molar-refractivity contribution in [3.05, 3.63) is 23.3 Å². The molecule has 0 aromatic heterocycles. The van der Waals surface area contributed by atoms with Crippen molar-refractivity contribution in [1.82, 2.24) is 0 Å². The van der Waals surface area contributed by atoms with E-state index in [0.717, 1.165) is 0 Å². The van der Waals surface area contributed by atoms with Gasteiger partial charge in [0.05, 0.1) is 12.2 Å². The topological polar surface area (TPSA) is 76.0 Å². The highest BCUT2D eigenvalue weighted by atomic mass is 16.6. The molecular formula is C10H10O5. The lowest BCUT2D eigenvalue weighted by atomic mass is 10.1. The SMILES string of the molecule is O=C(O)c1ccc2c(c1CO)OCCO2. The van der Waals surface area contributed by atoms with E-state index in [1.54, 1.807) is 0 Å².